The first-order valence-corrected chi connectivity index (χ1v) is 22.5. The summed E-state index contributed by atoms with van der Waals surface area (Å²) in [5, 5.41) is 0. The number of hydrogen-bond acceptors (Lipinski definition) is 8. The summed E-state index contributed by atoms with van der Waals surface area (Å²) in [5.41, 5.74) is 11.0. The number of para-hydroxylation sites is 2. The molecule has 6 aromatic carbocycles. The highest BCUT2D eigenvalue weighted by Crippen LogP contribution is 2.43. The minimum Gasteiger partial charge on any atom is -0.463 e. The van der Waals surface area contributed by atoms with Crippen LogP contribution in [0.1, 0.15) is 30.9 Å². The van der Waals surface area contributed by atoms with Crippen molar-refractivity contribution in [3.8, 4) is 30.6 Å². The minimum atomic E-state index is -0.216. The second-order valence-electron chi connectivity index (χ2n) is 15.0. The third-order valence-electron chi connectivity index (χ3n) is 10.6. The predicted octanol–water partition coefficient (Wildman–Crippen LogP) is 14.4. The summed E-state index contributed by atoms with van der Waals surface area (Å²) in [7, 11) is 1.59. The summed E-state index contributed by atoms with van der Waals surface area (Å²) >= 11 is 3.62. The van der Waals surface area contributed by atoms with Crippen molar-refractivity contribution in [3.05, 3.63) is 193 Å². The van der Waals surface area contributed by atoms with Gasteiger partial charge in [-0.05, 0) is 139 Å². The molecule has 0 aliphatic heterocycles. The lowest BCUT2D eigenvalue weighted by Gasteiger charge is -2.25. The van der Waals surface area contributed by atoms with E-state index in [0.29, 0.717) is 25.9 Å². The van der Waals surface area contributed by atoms with Crippen LogP contribution in [0.25, 0.3) is 30.6 Å². The first-order valence-electron chi connectivity index (χ1n) is 20.8. The van der Waals surface area contributed by atoms with Crippen LogP contribution >= 0.6 is 22.7 Å². The van der Waals surface area contributed by atoms with Crippen LogP contribution in [0.2, 0.25) is 0 Å². The molecule has 0 N–H and O–H groups in total. The highest BCUT2D eigenvalue weighted by Gasteiger charge is 2.16. The molecule has 0 fully saturated rings. The Balaban J connectivity index is 0.959. The van der Waals surface area contributed by atoms with Crippen molar-refractivity contribution in [2.45, 2.75) is 32.6 Å². The molecule has 8 heteroatoms. The molecule has 0 aliphatic rings. The van der Waals surface area contributed by atoms with Gasteiger partial charge in [0, 0.05) is 73.6 Å². The number of ketones is 1. The molecule has 0 spiro atoms. The van der Waals surface area contributed by atoms with Gasteiger partial charge in [0.1, 0.15) is 12.4 Å². The third kappa shape index (κ3) is 10.5. The maximum absolute atomic E-state index is 12.1. The van der Waals surface area contributed by atoms with E-state index < -0.39 is 0 Å². The number of carbonyl (C=O) groups is 2. The van der Waals surface area contributed by atoms with Gasteiger partial charge in [0.25, 0.3) is 0 Å². The number of hydrogen-bond donors (Lipinski definition) is 0. The molecule has 0 amide bonds. The Kier molecular flexibility index (Phi) is 13.8. The molecule has 310 valence electrons. The lowest BCUT2D eigenvalue weighted by atomic mass is 10.1. The fourth-order valence-electron chi connectivity index (χ4n) is 7.35. The van der Waals surface area contributed by atoms with Gasteiger partial charge in [0.15, 0.2) is 0 Å². The van der Waals surface area contributed by atoms with E-state index in [1.807, 2.05) is 34.8 Å². The van der Waals surface area contributed by atoms with Crippen molar-refractivity contribution in [2.75, 3.05) is 30.1 Å². The number of ether oxygens (including phenoxy) is 2. The van der Waals surface area contributed by atoms with Crippen LogP contribution in [-0.2, 0) is 31.9 Å². The molecular weight excluding hydrogens is 805 g/mol. The number of esters is 1. The van der Waals surface area contributed by atoms with Gasteiger partial charge in [-0.25, -0.2) is 0 Å². The summed E-state index contributed by atoms with van der Waals surface area (Å²) < 4.78 is 10.2. The van der Waals surface area contributed by atoms with E-state index in [0.717, 1.165) is 51.7 Å². The molecule has 0 aliphatic carbocycles. The van der Waals surface area contributed by atoms with Crippen LogP contribution in [0.15, 0.2) is 182 Å². The van der Waals surface area contributed by atoms with Gasteiger partial charge in [-0.2, -0.15) is 0 Å². The number of rotatable bonds is 18. The summed E-state index contributed by atoms with van der Waals surface area (Å²) in [6, 6.07) is 64.2. The number of nitrogens with zero attached hydrogens (tertiary/aromatic N) is 2. The fraction of sp³-hybridized carbons (Fsp3) is 0.148. The first kappa shape index (κ1) is 42.1. The molecule has 0 saturated heterocycles. The van der Waals surface area contributed by atoms with E-state index in [1.54, 1.807) is 14.0 Å². The minimum absolute atomic E-state index is 0.209. The van der Waals surface area contributed by atoms with Crippen molar-refractivity contribution < 1.29 is 19.1 Å². The number of thiophene rings is 2. The van der Waals surface area contributed by atoms with Gasteiger partial charge in [0.05, 0.1) is 6.61 Å². The Morgan fingerprint density at radius 2 is 0.806 bits per heavy atom. The summed E-state index contributed by atoms with van der Waals surface area (Å²) in [6.07, 6.45) is 2.26. The number of carbonyl (C=O) groups excluding carboxylic acids is 2. The SMILES string of the molecule is COCCOC(=O)CCc1ccc(N(c2ccccc2)c2ccc(-c3ccc(-c4ccc(-c5ccc(N(c6ccccc6)c6ccc(CCC(C)=O)cc6)cc5)s4)s3)cc2)cc1. The number of aryl methyl sites for hydroxylation is 2. The van der Waals surface area contributed by atoms with Crippen molar-refractivity contribution in [1.29, 1.82) is 0 Å². The zero-order chi connectivity index (χ0) is 42.7. The van der Waals surface area contributed by atoms with Crippen molar-refractivity contribution in [3.63, 3.8) is 0 Å². The van der Waals surface area contributed by atoms with Crippen LogP contribution in [0.3, 0.4) is 0 Å². The average Bonchev–Trinajstić information content (AvgIpc) is 4.02. The molecule has 0 saturated carbocycles. The molecule has 0 radical (unpaired) electrons. The van der Waals surface area contributed by atoms with Crippen molar-refractivity contribution in [1.82, 2.24) is 0 Å². The van der Waals surface area contributed by atoms with Crippen LogP contribution < -0.4 is 9.80 Å². The Morgan fingerprint density at radius 1 is 0.435 bits per heavy atom. The van der Waals surface area contributed by atoms with Crippen LogP contribution in [0, 0.1) is 0 Å². The zero-order valence-electron chi connectivity index (χ0n) is 34.9. The van der Waals surface area contributed by atoms with Gasteiger partial charge < -0.3 is 24.1 Å². The third-order valence-corrected chi connectivity index (χ3v) is 13.1. The molecule has 62 heavy (non-hydrogen) atoms. The molecule has 2 heterocycles. The first-order chi connectivity index (χ1) is 30.4. The van der Waals surface area contributed by atoms with Crippen molar-refractivity contribution >= 4 is 68.6 Å². The predicted molar refractivity (Wildman–Crippen MR) is 258 cm³/mol. The second kappa shape index (κ2) is 20.3. The summed E-state index contributed by atoms with van der Waals surface area (Å²) in [5.74, 6) is -0.00681. The Labute approximate surface area is 372 Å². The van der Waals surface area contributed by atoms with Gasteiger partial charge in [-0.1, -0.05) is 84.9 Å². The molecule has 0 atom stereocenters. The monoisotopic (exact) mass is 852 g/mol. The molecule has 0 unspecified atom stereocenters. The second-order valence-corrected chi connectivity index (χ2v) is 17.2. The zero-order valence-corrected chi connectivity index (χ0v) is 36.5. The Bertz CT molecular complexity index is 2670. The molecule has 0 bridgehead atoms. The Hall–Kier alpha value is -6.58. The van der Waals surface area contributed by atoms with Crippen LogP contribution in [-0.4, -0.2) is 32.1 Å². The van der Waals surface area contributed by atoms with Gasteiger partial charge in [0.2, 0.25) is 0 Å². The molecule has 2 aromatic heterocycles. The highest BCUT2D eigenvalue weighted by atomic mass is 32.1. The molecule has 8 aromatic rings. The number of methoxy groups -OCH3 is 1. The maximum atomic E-state index is 12.1. The smallest absolute Gasteiger partial charge is 0.306 e. The topological polar surface area (TPSA) is 59.1 Å². The molecular formula is C54H48N2O4S2. The number of Topliss-reactive ketones (excluding diaryl/α,β-unsaturated/α-hetero) is 1. The number of anilines is 6. The Morgan fingerprint density at radius 3 is 1.21 bits per heavy atom. The highest BCUT2D eigenvalue weighted by molar-refractivity contribution is 7.25. The van der Waals surface area contributed by atoms with Crippen LogP contribution in [0.4, 0.5) is 34.1 Å². The normalized spacial score (nSPS) is 11.0. The maximum Gasteiger partial charge on any atom is 0.306 e. The largest absolute Gasteiger partial charge is 0.463 e. The van der Waals surface area contributed by atoms with Crippen LogP contribution in [0.5, 0.6) is 0 Å². The lowest BCUT2D eigenvalue weighted by Crippen LogP contribution is -2.11. The quantitative estimate of drug-likeness (QED) is 0.0633. The fourth-order valence-corrected chi connectivity index (χ4v) is 9.46. The average molecular weight is 853 g/mol. The van der Waals surface area contributed by atoms with E-state index in [4.69, 9.17) is 9.47 Å². The van der Waals surface area contributed by atoms with Gasteiger partial charge in [-0.3, -0.25) is 4.79 Å². The van der Waals surface area contributed by atoms with E-state index in [1.165, 1.54) is 30.6 Å². The van der Waals surface area contributed by atoms with E-state index in [-0.39, 0.29) is 18.4 Å². The van der Waals surface area contributed by atoms with E-state index in [2.05, 4.69) is 180 Å². The molecule has 6 nitrogen and oxygen atoms in total. The summed E-state index contributed by atoms with van der Waals surface area (Å²) in [4.78, 5) is 33.1. The van der Waals surface area contributed by atoms with Crippen molar-refractivity contribution in [2.24, 2.45) is 0 Å². The standard InChI is InChI=1S/C54H48N2O4S2/c1-39(57)13-14-40-15-24-46(25-16-40)55(44-9-5-3-6-10-44)48-28-20-42(21-29-48)50-32-34-52(61-50)53-35-33-51(62-53)43-22-30-49(31-23-43)56(45-11-7-4-8-12-45)47-26-17-41(18-27-47)19-36-54(58)60-38-37-59-2/h3-12,15-18,20-35H,13-14,19,36-38H2,1-2H3. The lowest BCUT2D eigenvalue weighted by molar-refractivity contribution is -0.144. The molecule has 8 rings (SSSR count). The van der Waals surface area contributed by atoms with Gasteiger partial charge >= 0.3 is 5.97 Å². The summed E-state index contributed by atoms with van der Waals surface area (Å²) in [6.45, 7) is 2.32. The van der Waals surface area contributed by atoms with E-state index >= 15 is 0 Å². The number of benzene rings is 6. The van der Waals surface area contributed by atoms with Gasteiger partial charge in [-0.15, -0.1) is 22.7 Å². The van der Waals surface area contributed by atoms with E-state index in [9.17, 15) is 9.59 Å².